The van der Waals surface area contributed by atoms with Crippen molar-refractivity contribution in [1.82, 2.24) is 5.32 Å². The maximum atomic E-state index is 12.9. The first-order valence-corrected chi connectivity index (χ1v) is 8.35. The Labute approximate surface area is 133 Å². The molecule has 0 saturated heterocycles. The number of carbonyl (C=O) groups is 1. The number of aryl methyl sites for hydroxylation is 2. The molecule has 0 bridgehead atoms. The smallest absolute Gasteiger partial charge is 0.256 e. The van der Waals surface area contributed by atoms with Crippen LogP contribution >= 0.6 is 0 Å². The van der Waals surface area contributed by atoms with Crippen molar-refractivity contribution in [2.75, 3.05) is 0 Å². The van der Waals surface area contributed by atoms with Gasteiger partial charge in [-0.1, -0.05) is 12.1 Å². The Morgan fingerprint density at radius 3 is 2.30 bits per heavy atom. The van der Waals surface area contributed by atoms with Crippen molar-refractivity contribution in [3.05, 3.63) is 52.7 Å². The van der Waals surface area contributed by atoms with Gasteiger partial charge in [0.2, 0.25) is 10.0 Å². The van der Waals surface area contributed by atoms with E-state index in [1.165, 1.54) is 38.1 Å². The van der Waals surface area contributed by atoms with Crippen LogP contribution in [0.4, 0.5) is 4.39 Å². The van der Waals surface area contributed by atoms with Gasteiger partial charge in [-0.05, 0) is 38.5 Å². The predicted molar refractivity (Wildman–Crippen MR) is 81.8 cm³/mol. The molecule has 1 amide bonds. The molecule has 124 valence electrons. The summed E-state index contributed by atoms with van der Waals surface area (Å²) in [6.45, 7) is 4.61. The molecule has 6 nitrogen and oxygen atoms in total. The van der Waals surface area contributed by atoms with Crippen LogP contribution in [0.15, 0.2) is 33.6 Å². The van der Waals surface area contributed by atoms with Gasteiger partial charge < -0.3 is 9.73 Å². The topological polar surface area (TPSA) is 102 Å². The van der Waals surface area contributed by atoms with E-state index in [0.29, 0.717) is 5.56 Å². The molecule has 1 atom stereocenters. The zero-order valence-electron chi connectivity index (χ0n) is 12.9. The van der Waals surface area contributed by atoms with Gasteiger partial charge in [-0.15, -0.1) is 0 Å². The number of benzene rings is 1. The van der Waals surface area contributed by atoms with Gasteiger partial charge in [0.1, 0.15) is 27.8 Å². The fourth-order valence-electron chi connectivity index (χ4n) is 2.37. The van der Waals surface area contributed by atoms with E-state index < -0.39 is 22.0 Å². The highest BCUT2D eigenvalue weighted by atomic mass is 32.2. The van der Waals surface area contributed by atoms with E-state index in [9.17, 15) is 17.6 Å². The number of amides is 1. The molecule has 0 aliphatic rings. The van der Waals surface area contributed by atoms with Crippen LogP contribution in [0.3, 0.4) is 0 Å². The first-order valence-electron chi connectivity index (χ1n) is 6.80. The van der Waals surface area contributed by atoms with Crippen LogP contribution < -0.4 is 10.5 Å². The van der Waals surface area contributed by atoms with Gasteiger partial charge in [-0.25, -0.2) is 17.9 Å². The number of carbonyl (C=O) groups excluding carboxylic acids is 1. The molecule has 0 aliphatic heterocycles. The van der Waals surface area contributed by atoms with Crippen LogP contribution in [0, 0.1) is 19.7 Å². The molecule has 2 rings (SSSR count). The van der Waals surface area contributed by atoms with Crippen LogP contribution in [0.25, 0.3) is 0 Å². The number of halogens is 1. The molecule has 23 heavy (non-hydrogen) atoms. The highest BCUT2D eigenvalue weighted by Gasteiger charge is 2.29. The average molecular weight is 340 g/mol. The lowest BCUT2D eigenvalue weighted by Crippen LogP contribution is -2.29. The first-order chi connectivity index (χ1) is 10.6. The summed E-state index contributed by atoms with van der Waals surface area (Å²) in [4.78, 5) is 12.1. The van der Waals surface area contributed by atoms with E-state index >= 15 is 0 Å². The van der Waals surface area contributed by atoms with Crippen molar-refractivity contribution >= 4 is 15.9 Å². The third kappa shape index (κ3) is 3.59. The molecular formula is C15H17FN2O4S. The zero-order valence-corrected chi connectivity index (χ0v) is 13.7. The lowest BCUT2D eigenvalue weighted by molar-refractivity contribution is 0.0935. The Bertz CT molecular complexity index is 841. The summed E-state index contributed by atoms with van der Waals surface area (Å²) in [6.07, 6.45) is 0. The monoisotopic (exact) mass is 340 g/mol. The highest BCUT2D eigenvalue weighted by molar-refractivity contribution is 7.89. The second-order valence-corrected chi connectivity index (χ2v) is 6.71. The van der Waals surface area contributed by atoms with E-state index in [0.717, 1.165) is 0 Å². The average Bonchev–Trinajstić information content (AvgIpc) is 2.74. The molecule has 8 heteroatoms. The van der Waals surface area contributed by atoms with Crippen molar-refractivity contribution in [3.63, 3.8) is 0 Å². The fraction of sp³-hybridized carbons (Fsp3) is 0.267. The number of nitrogens with two attached hydrogens (primary N) is 1. The van der Waals surface area contributed by atoms with Crippen LogP contribution in [0.1, 0.15) is 40.4 Å². The molecule has 1 heterocycles. The van der Waals surface area contributed by atoms with Crippen molar-refractivity contribution in [2.45, 2.75) is 31.7 Å². The van der Waals surface area contributed by atoms with Crippen LogP contribution in [-0.2, 0) is 10.0 Å². The van der Waals surface area contributed by atoms with E-state index in [1.54, 1.807) is 6.92 Å². The molecule has 3 N–H and O–H groups in total. The number of hydrogen-bond donors (Lipinski definition) is 2. The molecule has 0 radical (unpaired) electrons. The summed E-state index contributed by atoms with van der Waals surface area (Å²) >= 11 is 0. The Kier molecular flexibility index (Phi) is 4.58. The maximum Gasteiger partial charge on any atom is 0.256 e. The van der Waals surface area contributed by atoms with Gasteiger partial charge in [-0.3, -0.25) is 4.79 Å². The molecule has 0 aliphatic carbocycles. The Balaban J connectivity index is 2.33. The van der Waals surface area contributed by atoms with Crippen LogP contribution in [0.2, 0.25) is 0 Å². The maximum absolute atomic E-state index is 12.9. The second-order valence-electron chi connectivity index (χ2n) is 5.21. The minimum Gasteiger partial charge on any atom is -0.464 e. The zero-order chi connectivity index (χ0) is 17.4. The van der Waals surface area contributed by atoms with Crippen molar-refractivity contribution in [1.29, 1.82) is 0 Å². The lowest BCUT2D eigenvalue weighted by atomic mass is 10.1. The molecule has 1 aromatic carbocycles. The third-order valence-electron chi connectivity index (χ3n) is 3.43. The molecule has 1 unspecified atom stereocenters. The normalized spacial score (nSPS) is 12.9. The number of nitrogens with one attached hydrogen (secondary N) is 1. The van der Waals surface area contributed by atoms with Crippen molar-refractivity contribution < 1.29 is 22.0 Å². The Morgan fingerprint density at radius 1 is 1.22 bits per heavy atom. The van der Waals surface area contributed by atoms with E-state index in [1.807, 2.05) is 0 Å². The minimum absolute atomic E-state index is 0.0598. The standard InChI is InChI=1S/C15H17FN2O4S/c1-8(11-4-6-12(16)7-5-11)18-15(19)13-9(2)22-10(3)14(13)23(17,20)21/h4-8H,1-3H3,(H,18,19)(H2,17,20,21). The van der Waals surface area contributed by atoms with Crippen LogP contribution in [-0.4, -0.2) is 14.3 Å². The van der Waals surface area contributed by atoms with Gasteiger partial charge in [0.25, 0.3) is 5.91 Å². The molecule has 0 saturated carbocycles. The molecule has 0 fully saturated rings. The van der Waals surface area contributed by atoms with Crippen molar-refractivity contribution in [3.8, 4) is 0 Å². The molecule has 2 aromatic rings. The fourth-order valence-corrected chi connectivity index (χ4v) is 3.34. The number of sulfonamides is 1. The minimum atomic E-state index is -4.10. The van der Waals surface area contributed by atoms with Gasteiger partial charge in [0.05, 0.1) is 6.04 Å². The van der Waals surface area contributed by atoms with E-state index in [2.05, 4.69) is 5.32 Å². The molecular weight excluding hydrogens is 323 g/mol. The summed E-state index contributed by atoms with van der Waals surface area (Å²) < 4.78 is 41.5. The second kappa shape index (κ2) is 6.13. The van der Waals surface area contributed by atoms with Gasteiger partial charge >= 0.3 is 0 Å². The largest absolute Gasteiger partial charge is 0.464 e. The van der Waals surface area contributed by atoms with Crippen molar-refractivity contribution in [2.24, 2.45) is 5.14 Å². The highest BCUT2D eigenvalue weighted by Crippen LogP contribution is 2.26. The number of rotatable bonds is 4. The number of hydrogen-bond acceptors (Lipinski definition) is 4. The summed E-state index contributed by atoms with van der Waals surface area (Å²) in [5, 5.41) is 7.82. The predicted octanol–water partition coefficient (Wildman–Crippen LogP) is 2.17. The SMILES string of the molecule is Cc1oc(C)c(S(N)(=O)=O)c1C(=O)NC(C)c1ccc(F)cc1. The Hall–Kier alpha value is -2.19. The number of primary sulfonamides is 1. The van der Waals surface area contributed by atoms with E-state index in [-0.39, 0.29) is 27.8 Å². The Morgan fingerprint density at radius 2 is 1.78 bits per heavy atom. The van der Waals surface area contributed by atoms with Crippen LogP contribution in [0.5, 0.6) is 0 Å². The van der Waals surface area contributed by atoms with Gasteiger partial charge in [-0.2, -0.15) is 0 Å². The third-order valence-corrected chi connectivity index (χ3v) is 4.49. The summed E-state index contributed by atoms with van der Waals surface area (Å²) in [7, 11) is -4.10. The van der Waals surface area contributed by atoms with Gasteiger partial charge in [0, 0.05) is 0 Å². The molecule has 0 spiro atoms. The summed E-state index contributed by atoms with van der Waals surface area (Å²) in [5.74, 6) is -0.787. The van der Waals surface area contributed by atoms with E-state index in [4.69, 9.17) is 9.56 Å². The number of furan rings is 1. The first kappa shape index (κ1) is 17.2. The van der Waals surface area contributed by atoms with Gasteiger partial charge in [0.15, 0.2) is 0 Å². The molecule has 1 aromatic heterocycles. The quantitative estimate of drug-likeness (QED) is 0.890. The summed E-state index contributed by atoms with van der Waals surface area (Å²) in [6, 6.07) is 5.18. The lowest BCUT2D eigenvalue weighted by Gasteiger charge is -2.14. The summed E-state index contributed by atoms with van der Waals surface area (Å²) in [5.41, 5.74) is 0.564.